The molecule has 0 saturated carbocycles. The zero-order valence-corrected chi connectivity index (χ0v) is 26.9. The van der Waals surface area contributed by atoms with Crippen molar-refractivity contribution in [2.45, 2.75) is 51.8 Å². The lowest BCUT2D eigenvalue weighted by Gasteiger charge is -2.50. The van der Waals surface area contributed by atoms with E-state index in [1.54, 1.807) is 22.7 Å². The minimum absolute atomic E-state index is 0.0637. The number of amides is 2. The Labute approximate surface area is 267 Å². The van der Waals surface area contributed by atoms with Gasteiger partial charge in [0.1, 0.15) is 29.7 Å². The Bertz CT molecular complexity index is 1730. The van der Waals surface area contributed by atoms with Crippen LogP contribution in [0.4, 0.5) is 5.13 Å². The number of imidazole rings is 1. The van der Waals surface area contributed by atoms with Gasteiger partial charge in [-0.25, -0.2) is 14.8 Å². The summed E-state index contributed by atoms with van der Waals surface area (Å²) in [6, 6.07) is 2.04. The highest BCUT2D eigenvalue weighted by molar-refractivity contribution is 7.80. The number of nitrogens with two attached hydrogens (primary N) is 1. The molecule has 2 amide bonds. The molecule has 2 unspecified atom stereocenters. The van der Waals surface area contributed by atoms with Gasteiger partial charge < -0.3 is 35.4 Å². The van der Waals surface area contributed by atoms with E-state index in [0.29, 0.717) is 22.4 Å². The number of thiazole rings is 1. The number of pyridine rings is 1. The second kappa shape index (κ2) is 14.0. The Balaban J connectivity index is 0.00000235. The smallest absolute Gasteiger partial charge is 0.418 e. The van der Waals surface area contributed by atoms with Crippen molar-refractivity contribution in [1.29, 1.82) is 0 Å². The summed E-state index contributed by atoms with van der Waals surface area (Å²) in [5.41, 5.74) is 5.30. The molecule has 3 aromatic rings. The molecular weight excluding hydrogens is 648 g/mol. The summed E-state index contributed by atoms with van der Waals surface area (Å²) in [7, 11) is -5.01. The molecule has 3 aromatic heterocycles. The van der Waals surface area contributed by atoms with Crippen LogP contribution >= 0.6 is 11.3 Å². The molecule has 5 heterocycles. The number of β-lactam (4-membered cyclic amide) rings is 1. The Morgan fingerprint density at radius 2 is 1.98 bits per heavy atom. The lowest BCUT2D eigenvalue weighted by molar-refractivity contribution is -0.218. The normalized spacial score (nSPS) is 18.5. The van der Waals surface area contributed by atoms with Crippen molar-refractivity contribution >= 4 is 56.0 Å². The average Bonchev–Trinajstić information content (AvgIpc) is 3.59. The van der Waals surface area contributed by atoms with Crippen LogP contribution in [-0.4, -0.2) is 98.4 Å². The number of hydroxylamine groups is 2. The number of ether oxygens (including phenoxy) is 1. The third-order valence-corrected chi connectivity index (χ3v) is 7.90. The zero-order chi connectivity index (χ0) is 33.8. The van der Waals surface area contributed by atoms with Gasteiger partial charge in [0.2, 0.25) is 0 Å². The second-order valence-electron chi connectivity index (χ2n) is 10.5. The van der Waals surface area contributed by atoms with Crippen LogP contribution in [0.25, 0.3) is 5.65 Å². The van der Waals surface area contributed by atoms with E-state index in [1.807, 2.05) is 20.0 Å². The van der Waals surface area contributed by atoms with Gasteiger partial charge in [-0.15, -0.1) is 15.6 Å². The molecule has 2 aliphatic heterocycles. The number of carbonyl (C=O) groups excluding carboxylic acids is 2. The van der Waals surface area contributed by atoms with Crippen LogP contribution < -0.4 is 21.1 Å². The number of aromatic nitrogens is 3. The Morgan fingerprint density at radius 3 is 2.54 bits per heavy atom. The molecule has 0 aromatic carbocycles. The van der Waals surface area contributed by atoms with Crippen LogP contribution in [0.2, 0.25) is 0 Å². The summed E-state index contributed by atoms with van der Waals surface area (Å²) in [6.07, 6.45) is 2.69. The minimum Gasteiger partial charge on any atom is -0.487 e. The molecule has 250 valence electrons. The molecular formula is C26H34N8O10S2. The molecule has 0 spiro atoms. The van der Waals surface area contributed by atoms with Gasteiger partial charge in [-0.2, -0.15) is 13.5 Å². The summed E-state index contributed by atoms with van der Waals surface area (Å²) < 4.78 is 42.8. The van der Waals surface area contributed by atoms with Gasteiger partial charge in [-0.1, -0.05) is 19.0 Å². The van der Waals surface area contributed by atoms with Gasteiger partial charge in [-0.05, 0) is 51.4 Å². The first-order chi connectivity index (χ1) is 21.7. The number of fused-ring (bicyclic) bond motifs is 1. The maximum atomic E-state index is 13.2. The maximum absolute atomic E-state index is 13.2. The van der Waals surface area contributed by atoms with Crippen LogP contribution in [0.15, 0.2) is 35.1 Å². The molecule has 0 aliphatic carbocycles. The number of oxime groups is 1. The van der Waals surface area contributed by atoms with E-state index in [9.17, 15) is 27.9 Å². The average molecular weight is 683 g/mol. The highest BCUT2D eigenvalue weighted by Gasteiger charge is 2.58. The first kappa shape index (κ1) is 34.5. The standard InChI is InChI=1S/C24H28N8O10S2.C2H6/c1-24(2)19(21(34)32(24)42-44(37,38)39)29-20(33)18(15-11-43-23(25)28-15)30-41-16(22(35)36)10-40-14-3-4-17-27-13(8-31(17)9-14)5-12-6-26-7-12;1-2/h3-4,8-9,11-12,16,19,26H,5-7,10H2,1-2H3,(H2,25,28)(H,29,33)(H,35,36)(H,37,38,39);1-2H3/b30-18-;. The molecule has 0 radical (unpaired) electrons. The third-order valence-electron chi connectivity index (χ3n) is 6.89. The van der Waals surface area contributed by atoms with E-state index in [1.165, 1.54) is 19.2 Å². The van der Waals surface area contributed by atoms with Gasteiger partial charge in [0.25, 0.3) is 17.9 Å². The van der Waals surface area contributed by atoms with Gasteiger partial charge in [-0.3, -0.25) is 14.1 Å². The fraction of sp³-hybridized carbons (Fsp3) is 0.462. The molecule has 6 N–H and O–H groups in total. The van der Waals surface area contributed by atoms with E-state index < -0.39 is 58.2 Å². The second-order valence-corrected chi connectivity index (χ2v) is 12.4. The molecule has 2 saturated heterocycles. The van der Waals surface area contributed by atoms with Gasteiger partial charge >= 0.3 is 16.4 Å². The monoisotopic (exact) mass is 682 g/mol. The van der Waals surface area contributed by atoms with Crippen LogP contribution in [0, 0.1) is 5.92 Å². The number of hydrogen-bond donors (Lipinski definition) is 5. The Hall–Kier alpha value is -4.37. The van der Waals surface area contributed by atoms with Crippen LogP contribution in [0.3, 0.4) is 0 Å². The number of carboxylic acids is 1. The number of nitrogen functional groups attached to an aromatic ring is 1. The molecule has 2 aliphatic rings. The summed E-state index contributed by atoms with van der Waals surface area (Å²) in [6.45, 7) is 8.13. The van der Waals surface area contributed by atoms with Crippen molar-refractivity contribution in [2.24, 2.45) is 11.1 Å². The highest BCUT2D eigenvalue weighted by Crippen LogP contribution is 2.33. The predicted octanol–water partition coefficient (Wildman–Crippen LogP) is 0.254. The zero-order valence-electron chi connectivity index (χ0n) is 25.2. The molecule has 20 heteroatoms. The van der Waals surface area contributed by atoms with Gasteiger partial charge in [0, 0.05) is 11.6 Å². The number of carboxylic acid groups (broad SMARTS) is 1. The lowest BCUT2D eigenvalue weighted by Crippen LogP contribution is -2.76. The van der Waals surface area contributed by atoms with E-state index in [-0.39, 0.29) is 10.8 Å². The highest BCUT2D eigenvalue weighted by atomic mass is 32.3. The predicted molar refractivity (Wildman–Crippen MR) is 163 cm³/mol. The molecule has 5 rings (SSSR count). The Morgan fingerprint density at radius 1 is 1.26 bits per heavy atom. The van der Waals surface area contributed by atoms with Crippen molar-refractivity contribution in [2.75, 3.05) is 25.4 Å². The van der Waals surface area contributed by atoms with Crippen molar-refractivity contribution in [3.8, 4) is 5.75 Å². The van der Waals surface area contributed by atoms with Crippen molar-refractivity contribution in [1.82, 2.24) is 30.1 Å². The summed E-state index contributed by atoms with van der Waals surface area (Å²) >= 11 is 0.963. The van der Waals surface area contributed by atoms with Crippen molar-refractivity contribution in [3.05, 3.63) is 41.3 Å². The quantitative estimate of drug-likeness (QED) is 0.0702. The minimum atomic E-state index is -5.01. The number of anilines is 1. The summed E-state index contributed by atoms with van der Waals surface area (Å²) in [5, 5.41) is 20.8. The first-order valence-electron chi connectivity index (χ1n) is 14.0. The van der Waals surface area contributed by atoms with Gasteiger partial charge in [0.05, 0.1) is 17.4 Å². The number of rotatable bonds is 13. The van der Waals surface area contributed by atoms with Crippen LogP contribution in [0.5, 0.6) is 5.75 Å². The van der Waals surface area contributed by atoms with E-state index in [4.69, 9.17) is 19.9 Å². The molecule has 0 bridgehead atoms. The number of carbonyl (C=O) groups is 3. The van der Waals surface area contributed by atoms with Crippen LogP contribution in [-0.2, 0) is 40.3 Å². The topological polar surface area (TPSA) is 249 Å². The largest absolute Gasteiger partial charge is 0.487 e. The third kappa shape index (κ3) is 7.88. The Kier molecular flexibility index (Phi) is 10.5. The molecule has 2 atom stereocenters. The number of hydrogen-bond acceptors (Lipinski definition) is 14. The fourth-order valence-electron chi connectivity index (χ4n) is 4.45. The van der Waals surface area contributed by atoms with Crippen molar-refractivity contribution in [3.63, 3.8) is 0 Å². The van der Waals surface area contributed by atoms with E-state index in [2.05, 4.69) is 30.0 Å². The number of nitrogens with zero attached hydrogens (tertiary/aromatic N) is 5. The first-order valence-corrected chi connectivity index (χ1v) is 16.3. The van der Waals surface area contributed by atoms with E-state index in [0.717, 1.165) is 36.5 Å². The maximum Gasteiger partial charge on any atom is 0.418 e. The fourth-order valence-corrected chi connectivity index (χ4v) is 5.45. The van der Waals surface area contributed by atoms with Gasteiger partial charge in [0.15, 0.2) is 10.8 Å². The SMILES string of the molecule is CC.CC1(C)C(NC(=O)/C(=N\OC(COc2ccc3nc(CC4CNC4)cn3c2)C(=O)O)c2csc(N)n2)C(=O)N1OS(=O)(=O)O. The lowest BCUT2D eigenvalue weighted by atomic mass is 9.84. The summed E-state index contributed by atoms with van der Waals surface area (Å²) in [4.78, 5) is 51.4. The van der Waals surface area contributed by atoms with Crippen LogP contribution in [0.1, 0.15) is 39.1 Å². The molecule has 2 fully saturated rings. The van der Waals surface area contributed by atoms with Crippen molar-refractivity contribution < 1.29 is 46.3 Å². The molecule has 46 heavy (non-hydrogen) atoms. The number of nitrogens with one attached hydrogen (secondary N) is 2. The summed E-state index contributed by atoms with van der Waals surface area (Å²) in [5.74, 6) is -2.58. The molecule has 18 nitrogen and oxygen atoms in total. The number of aliphatic carboxylic acids is 1. The van der Waals surface area contributed by atoms with E-state index >= 15 is 0 Å².